The molecule has 0 heterocycles. The van der Waals surface area contributed by atoms with Gasteiger partial charge in [0.2, 0.25) is 5.91 Å². The third-order valence-corrected chi connectivity index (χ3v) is 2.81. The summed E-state index contributed by atoms with van der Waals surface area (Å²) in [5.74, 6) is -0.0393. The van der Waals surface area contributed by atoms with Gasteiger partial charge in [0.1, 0.15) is 5.75 Å². The number of amides is 1. The zero-order valence-electron chi connectivity index (χ0n) is 10.5. The largest absolute Gasteiger partial charge is 0.508 e. The second kappa shape index (κ2) is 5.68. The van der Waals surface area contributed by atoms with Gasteiger partial charge in [-0.15, -0.1) is 0 Å². The van der Waals surface area contributed by atoms with E-state index < -0.39 is 6.04 Å². The fourth-order valence-corrected chi connectivity index (χ4v) is 1.82. The van der Waals surface area contributed by atoms with E-state index in [0.29, 0.717) is 0 Å². The predicted octanol–water partition coefficient (Wildman–Crippen LogP) is 1.55. The first-order valence-electron chi connectivity index (χ1n) is 5.76. The van der Waals surface area contributed by atoms with Crippen molar-refractivity contribution in [2.45, 2.75) is 32.9 Å². The number of phenolic OH excluding ortho intramolecular Hbond substituents is 1. The van der Waals surface area contributed by atoms with E-state index in [9.17, 15) is 9.90 Å². The van der Waals surface area contributed by atoms with Crippen molar-refractivity contribution in [1.82, 2.24) is 5.32 Å². The number of nitrogens with two attached hydrogens (primary N) is 1. The van der Waals surface area contributed by atoms with E-state index >= 15 is 0 Å². The number of hydrogen-bond acceptors (Lipinski definition) is 3. The number of primary amides is 1. The van der Waals surface area contributed by atoms with Crippen LogP contribution < -0.4 is 11.1 Å². The summed E-state index contributed by atoms with van der Waals surface area (Å²) < 4.78 is 0. The van der Waals surface area contributed by atoms with Gasteiger partial charge in [0.05, 0.1) is 6.04 Å². The third-order valence-electron chi connectivity index (χ3n) is 2.81. The smallest absolute Gasteiger partial charge is 0.234 e. The molecule has 0 aromatic heterocycles. The van der Waals surface area contributed by atoms with Crippen molar-refractivity contribution in [2.24, 2.45) is 11.7 Å². The van der Waals surface area contributed by atoms with Crippen molar-refractivity contribution in [3.8, 4) is 5.75 Å². The summed E-state index contributed by atoms with van der Waals surface area (Å²) in [5.41, 5.74) is 6.10. The molecule has 0 bridgehead atoms. The highest BCUT2D eigenvalue weighted by molar-refractivity contribution is 5.80. The van der Waals surface area contributed by atoms with Crippen LogP contribution in [-0.2, 0) is 4.79 Å². The molecule has 1 rings (SSSR count). The van der Waals surface area contributed by atoms with Gasteiger partial charge < -0.3 is 10.8 Å². The quantitative estimate of drug-likeness (QED) is 0.726. The summed E-state index contributed by atoms with van der Waals surface area (Å²) in [6.07, 6.45) is 0. The topological polar surface area (TPSA) is 75.3 Å². The lowest BCUT2D eigenvalue weighted by Crippen LogP contribution is -2.45. The molecule has 2 unspecified atom stereocenters. The number of carbonyl (C=O) groups is 1. The molecule has 1 aromatic rings. The predicted molar refractivity (Wildman–Crippen MR) is 67.5 cm³/mol. The van der Waals surface area contributed by atoms with Crippen LogP contribution in [0.1, 0.15) is 32.4 Å². The molecule has 94 valence electrons. The summed E-state index contributed by atoms with van der Waals surface area (Å²) in [4.78, 5) is 11.3. The maximum atomic E-state index is 11.3. The normalized spacial score (nSPS) is 14.6. The van der Waals surface area contributed by atoms with Gasteiger partial charge in [-0.2, -0.15) is 0 Å². The fraction of sp³-hybridized carbons (Fsp3) is 0.462. The van der Waals surface area contributed by atoms with Gasteiger partial charge in [0.15, 0.2) is 0 Å². The lowest BCUT2D eigenvalue weighted by atomic mass is 10.0. The number of benzene rings is 1. The van der Waals surface area contributed by atoms with Gasteiger partial charge in [-0.1, -0.05) is 32.0 Å². The van der Waals surface area contributed by atoms with E-state index in [2.05, 4.69) is 5.32 Å². The Balaban J connectivity index is 2.81. The standard InChI is InChI=1S/C13H20N2O2/c1-8(2)12(13(14)17)15-9(3)10-6-4-5-7-11(10)16/h4-9,12,15-16H,1-3H3,(H2,14,17). The molecule has 17 heavy (non-hydrogen) atoms. The van der Waals surface area contributed by atoms with Crippen LogP contribution >= 0.6 is 0 Å². The van der Waals surface area contributed by atoms with Crippen molar-refractivity contribution >= 4 is 5.91 Å². The highest BCUT2D eigenvalue weighted by Gasteiger charge is 2.22. The zero-order valence-corrected chi connectivity index (χ0v) is 10.5. The van der Waals surface area contributed by atoms with E-state index in [0.717, 1.165) is 5.56 Å². The molecule has 0 saturated carbocycles. The Bertz CT molecular complexity index is 391. The number of para-hydroxylation sites is 1. The second-order valence-electron chi connectivity index (χ2n) is 4.57. The molecule has 0 spiro atoms. The molecule has 0 aliphatic carbocycles. The van der Waals surface area contributed by atoms with Crippen LogP contribution in [0.25, 0.3) is 0 Å². The van der Waals surface area contributed by atoms with E-state index in [1.807, 2.05) is 32.9 Å². The van der Waals surface area contributed by atoms with Gasteiger partial charge in [-0.05, 0) is 18.9 Å². The van der Waals surface area contributed by atoms with E-state index in [1.54, 1.807) is 12.1 Å². The Morgan fingerprint density at radius 2 is 1.88 bits per heavy atom. The van der Waals surface area contributed by atoms with Gasteiger partial charge in [-0.3, -0.25) is 10.1 Å². The first kappa shape index (κ1) is 13.5. The van der Waals surface area contributed by atoms with Crippen LogP contribution in [0.15, 0.2) is 24.3 Å². The highest BCUT2D eigenvalue weighted by Crippen LogP contribution is 2.24. The van der Waals surface area contributed by atoms with Crippen LogP contribution in [0.5, 0.6) is 5.75 Å². The monoisotopic (exact) mass is 236 g/mol. The maximum absolute atomic E-state index is 11.3. The molecule has 2 atom stereocenters. The number of rotatable bonds is 5. The molecule has 0 fully saturated rings. The van der Waals surface area contributed by atoms with Crippen LogP contribution in [0.2, 0.25) is 0 Å². The summed E-state index contributed by atoms with van der Waals surface area (Å²) in [7, 11) is 0. The molecular weight excluding hydrogens is 216 g/mol. The minimum absolute atomic E-state index is 0.112. The first-order valence-corrected chi connectivity index (χ1v) is 5.76. The molecule has 0 radical (unpaired) electrons. The van der Waals surface area contributed by atoms with Crippen molar-refractivity contribution in [3.63, 3.8) is 0 Å². The Morgan fingerprint density at radius 1 is 1.29 bits per heavy atom. The van der Waals surface area contributed by atoms with E-state index in [1.165, 1.54) is 0 Å². The molecular formula is C13H20N2O2. The minimum atomic E-state index is -0.399. The fourth-order valence-electron chi connectivity index (χ4n) is 1.82. The Labute approximate surface area is 102 Å². The number of phenols is 1. The molecule has 0 aliphatic heterocycles. The van der Waals surface area contributed by atoms with E-state index in [-0.39, 0.29) is 23.6 Å². The van der Waals surface area contributed by atoms with Gasteiger partial charge in [0.25, 0.3) is 0 Å². The van der Waals surface area contributed by atoms with E-state index in [4.69, 9.17) is 5.73 Å². The number of hydrogen-bond donors (Lipinski definition) is 3. The lowest BCUT2D eigenvalue weighted by molar-refractivity contribution is -0.121. The number of aromatic hydroxyl groups is 1. The zero-order chi connectivity index (χ0) is 13.0. The average Bonchev–Trinajstić information content (AvgIpc) is 2.25. The minimum Gasteiger partial charge on any atom is -0.508 e. The summed E-state index contributed by atoms with van der Waals surface area (Å²) in [6, 6.07) is 6.54. The highest BCUT2D eigenvalue weighted by atomic mass is 16.3. The summed E-state index contributed by atoms with van der Waals surface area (Å²) in [5, 5.41) is 12.9. The van der Waals surface area contributed by atoms with Crippen molar-refractivity contribution < 1.29 is 9.90 Å². The Kier molecular flexibility index (Phi) is 4.52. The molecule has 4 nitrogen and oxygen atoms in total. The van der Waals surface area contributed by atoms with Gasteiger partial charge >= 0.3 is 0 Å². The summed E-state index contributed by atoms with van der Waals surface area (Å²) in [6.45, 7) is 5.76. The van der Waals surface area contributed by atoms with Crippen molar-refractivity contribution in [2.75, 3.05) is 0 Å². The Hall–Kier alpha value is -1.55. The number of carbonyl (C=O) groups excluding carboxylic acids is 1. The van der Waals surface area contributed by atoms with Crippen molar-refractivity contribution in [3.05, 3.63) is 29.8 Å². The third kappa shape index (κ3) is 3.46. The molecule has 0 aliphatic rings. The second-order valence-corrected chi connectivity index (χ2v) is 4.57. The lowest BCUT2D eigenvalue weighted by Gasteiger charge is -2.24. The average molecular weight is 236 g/mol. The van der Waals surface area contributed by atoms with Crippen LogP contribution in [0.4, 0.5) is 0 Å². The maximum Gasteiger partial charge on any atom is 0.234 e. The van der Waals surface area contributed by atoms with Gasteiger partial charge in [-0.25, -0.2) is 0 Å². The first-order chi connectivity index (χ1) is 7.93. The molecule has 1 aromatic carbocycles. The molecule has 4 heteroatoms. The van der Waals surface area contributed by atoms with Gasteiger partial charge in [0, 0.05) is 11.6 Å². The van der Waals surface area contributed by atoms with Crippen LogP contribution in [0, 0.1) is 5.92 Å². The Morgan fingerprint density at radius 3 is 2.35 bits per heavy atom. The number of nitrogens with one attached hydrogen (secondary N) is 1. The molecule has 0 saturated heterocycles. The van der Waals surface area contributed by atoms with Crippen LogP contribution in [0.3, 0.4) is 0 Å². The molecule has 1 amide bonds. The summed E-state index contributed by atoms with van der Waals surface area (Å²) >= 11 is 0. The molecule has 4 N–H and O–H groups in total. The SMILES string of the molecule is CC(NC(C(N)=O)C(C)C)c1ccccc1O. The van der Waals surface area contributed by atoms with Crippen LogP contribution in [-0.4, -0.2) is 17.1 Å². The van der Waals surface area contributed by atoms with Crippen molar-refractivity contribution in [1.29, 1.82) is 0 Å².